The van der Waals surface area contributed by atoms with Gasteiger partial charge in [-0.15, -0.1) is 0 Å². The van der Waals surface area contributed by atoms with E-state index in [9.17, 15) is 4.79 Å². The lowest BCUT2D eigenvalue weighted by molar-refractivity contribution is 0.0904. The third kappa shape index (κ3) is 3.32. The summed E-state index contributed by atoms with van der Waals surface area (Å²) in [5.41, 5.74) is 1.71. The molecular weight excluding hydrogens is 322 g/mol. The molecule has 0 radical (unpaired) electrons. The number of nitrogens with zero attached hydrogens (tertiary/aromatic N) is 2. The summed E-state index contributed by atoms with van der Waals surface area (Å²) in [4.78, 5) is 12.6. The van der Waals surface area contributed by atoms with Crippen LogP contribution in [0.25, 0.3) is 0 Å². The van der Waals surface area contributed by atoms with Crippen molar-refractivity contribution in [3.63, 3.8) is 0 Å². The molecule has 7 heteroatoms. The van der Waals surface area contributed by atoms with Gasteiger partial charge < -0.3 is 19.5 Å². The van der Waals surface area contributed by atoms with E-state index in [1.807, 2.05) is 25.3 Å². The molecule has 132 valence electrons. The zero-order valence-electron chi connectivity index (χ0n) is 14.1. The molecule has 3 heterocycles. The molecule has 0 unspecified atom stereocenters. The smallest absolute Gasteiger partial charge is 0.251 e. The van der Waals surface area contributed by atoms with E-state index in [1.54, 1.807) is 16.9 Å². The Morgan fingerprint density at radius 2 is 2.36 bits per heavy atom. The minimum atomic E-state index is -0.226. The molecule has 2 aliphatic heterocycles. The van der Waals surface area contributed by atoms with Crippen LogP contribution in [-0.4, -0.2) is 47.7 Å². The summed E-state index contributed by atoms with van der Waals surface area (Å²) >= 11 is 0. The zero-order chi connectivity index (χ0) is 17.2. The number of nitrogens with one attached hydrogen (secondary N) is 1. The summed E-state index contributed by atoms with van der Waals surface area (Å²) in [6.07, 6.45) is 4.14. The zero-order valence-corrected chi connectivity index (χ0v) is 14.1. The van der Waals surface area contributed by atoms with Crippen molar-refractivity contribution in [2.45, 2.75) is 32.0 Å². The van der Waals surface area contributed by atoms with Crippen LogP contribution in [0.1, 0.15) is 22.8 Å². The first-order valence-corrected chi connectivity index (χ1v) is 8.56. The summed E-state index contributed by atoms with van der Waals surface area (Å²) < 4.78 is 18.7. The van der Waals surface area contributed by atoms with Crippen molar-refractivity contribution in [2.75, 3.05) is 19.8 Å². The number of aryl methyl sites for hydroxylation is 1. The first kappa shape index (κ1) is 16.0. The van der Waals surface area contributed by atoms with Gasteiger partial charge in [-0.1, -0.05) is 0 Å². The lowest BCUT2D eigenvalue weighted by Gasteiger charge is -2.19. The predicted molar refractivity (Wildman–Crippen MR) is 90.0 cm³/mol. The van der Waals surface area contributed by atoms with Gasteiger partial charge in [0, 0.05) is 18.5 Å². The number of fused-ring (bicyclic) bond motifs is 1. The molecule has 1 aromatic carbocycles. The molecule has 2 atom stereocenters. The summed E-state index contributed by atoms with van der Waals surface area (Å²) in [6, 6.07) is 5.35. The fraction of sp³-hybridized carbons (Fsp3) is 0.444. The summed E-state index contributed by atoms with van der Waals surface area (Å²) in [5, 5.41) is 7.22. The van der Waals surface area contributed by atoms with E-state index >= 15 is 0 Å². The van der Waals surface area contributed by atoms with Crippen LogP contribution in [0.2, 0.25) is 0 Å². The lowest BCUT2D eigenvalue weighted by Crippen LogP contribution is -2.45. The molecule has 4 rings (SSSR count). The number of carbonyl (C=O) groups is 1. The van der Waals surface area contributed by atoms with Crippen LogP contribution in [-0.2, 0) is 17.7 Å². The van der Waals surface area contributed by atoms with Gasteiger partial charge in [-0.3, -0.25) is 9.48 Å². The molecular formula is C18H21N3O4. The average Bonchev–Trinajstić information content (AvgIpc) is 3.35. The lowest BCUT2D eigenvalue weighted by atomic mass is 10.1. The van der Waals surface area contributed by atoms with Crippen molar-refractivity contribution in [3.8, 4) is 11.5 Å². The summed E-state index contributed by atoms with van der Waals surface area (Å²) in [6.45, 7) is 4.36. The molecule has 0 bridgehead atoms. The maximum absolute atomic E-state index is 12.6. The third-order valence-electron chi connectivity index (χ3n) is 4.52. The number of amides is 1. The van der Waals surface area contributed by atoms with E-state index in [0.29, 0.717) is 31.1 Å². The van der Waals surface area contributed by atoms with E-state index in [1.165, 1.54) is 0 Å². The molecule has 0 aliphatic carbocycles. The number of aromatic nitrogens is 2. The largest absolute Gasteiger partial charge is 0.493 e. The van der Waals surface area contributed by atoms with Crippen LogP contribution in [0.5, 0.6) is 11.5 Å². The molecule has 0 saturated carbocycles. The molecule has 2 aliphatic rings. The molecule has 25 heavy (non-hydrogen) atoms. The topological polar surface area (TPSA) is 74.6 Å². The van der Waals surface area contributed by atoms with E-state index in [4.69, 9.17) is 14.2 Å². The Morgan fingerprint density at radius 1 is 1.44 bits per heavy atom. The number of hydrogen-bond donors (Lipinski definition) is 1. The van der Waals surface area contributed by atoms with Crippen molar-refractivity contribution < 1.29 is 19.0 Å². The van der Waals surface area contributed by atoms with Crippen LogP contribution in [0.3, 0.4) is 0 Å². The maximum atomic E-state index is 12.6. The number of hydrogen-bond acceptors (Lipinski definition) is 5. The highest BCUT2D eigenvalue weighted by molar-refractivity contribution is 5.94. The Morgan fingerprint density at radius 3 is 3.20 bits per heavy atom. The minimum Gasteiger partial charge on any atom is -0.493 e. The van der Waals surface area contributed by atoms with Gasteiger partial charge in [0.25, 0.3) is 5.91 Å². The molecule has 1 aromatic heterocycles. The van der Waals surface area contributed by atoms with Crippen LogP contribution < -0.4 is 14.8 Å². The van der Waals surface area contributed by atoms with Gasteiger partial charge in [0.1, 0.15) is 11.9 Å². The molecule has 7 nitrogen and oxygen atoms in total. The SMILES string of the molecule is CCn1cc(O[C@@H]2COC[C@@H]2NC(=O)c2ccc3c(c2)CCO3)cn1. The Balaban J connectivity index is 1.41. The van der Waals surface area contributed by atoms with Gasteiger partial charge in [0.05, 0.1) is 38.3 Å². The van der Waals surface area contributed by atoms with Gasteiger partial charge >= 0.3 is 0 Å². The number of carbonyl (C=O) groups excluding carboxylic acids is 1. The first-order chi connectivity index (χ1) is 12.2. The average molecular weight is 343 g/mol. The van der Waals surface area contributed by atoms with Crippen molar-refractivity contribution >= 4 is 5.91 Å². The van der Waals surface area contributed by atoms with Gasteiger partial charge in [-0.25, -0.2) is 0 Å². The third-order valence-corrected chi connectivity index (χ3v) is 4.52. The van der Waals surface area contributed by atoms with Crippen LogP contribution in [0.4, 0.5) is 0 Å². The Bertz CT molecular complexity index is 773. The second-order valence-electron chi connectivity index (χ2n) is 6.23. The van der Waals surface area contributed by atoms with E-state index in [-0.39, 0.29) is 18.1 Å². The normalized spacial score (nSPS) is 21.6. The quantitative estimate of drug-likeness (QED) is 0.889. The molecule has 2 aromatic rings. The Kier molecular flexibility index (Phi) is 4.31. The molecule has 1 fully saturated rings. The monoisotopic (exact) mass is 343 g/mol. The maximum Gasteiger partial charge on any atom is 0.251 e. The number of ether oxygens (including phenoxy) is 3. The highest BCUT2D eigenvalue weighted by atomic mass is 16.5. The molecule has 0 spiro atoms. The minimum absolute atomic E-state index is 0.122. The summed E-state index contributed by atoms with van der Waals surface area (Å²) in [7, 11) is 0. The van der Waals surface area contributed by atoms with Gasteiger partial charge in [0.15, 0.2) is 5.75 Å². The first-order valence-electron chi connectivity index (χ1n) is 8.56. The van der Waals surface area contributed by atoms with E-state index < -0.39 is 0 Å². The van der Waals surface area contributed by atoms with Crippen LogP contribution in [0, 0.1) is 0 Å². The van der Waals surface area contributed by atoms with Crippen molar-refractivity contribution in [1.82, 2.24) is 15.1 Å². The second kappa shape index (κ2) is 6.76. The predicted octanol–water partition coefficient (Wildman–Crippen LogP) is 1.41. The highest BCUT2D eigenvalue weighted by Crippen LogP contribution is 2.26. The Hall–Kier alpha value is -2.54. The molecule has 1 N–H and O–H groups in total. The molecule has 1 saturated heterocycles. The fourth-order valence-corrected chi connectivity index (χ4v) is 3.12. The number of benzene rings is 1. The van der Waals surface area contributed by atoms with Gasteiger partial charge in [-0.05, 0) is 30.7 Å². The van der Waals surface area contributed by atoms with Crippen molar-refractivity contribution in [3.05, 3.63) is 41.7 Å². The van der Waals surface area contributed by atoms with Gasteiger partial charge in [-0.2, -0.15) is 5.10 Å². The van der Waals surface area contributed by atoms with E-state index in [0.717, 1.165) is 24.3 Å². The second-order valence-corrected chi connectivity index (χ2v) is 6.23. The Labute approximate surface area is 145 Å². The van der Waals surface area contributed by atoms with Crippen molar-refractivity contribution in [2.24, 2.45) is 0 Å². The van der Waals surface area contributed by atoms with Crippen molar-refractivity contribution in [1.29, 1.82) is 0 Å². The van der Waals surface area contributed by atoms with Crippen LogP contribution >= 0.6 is 0 Å². The standard InChI is InChI=1S/C18H21N3O4/c1-2-21-9-14(8-19-21)25-17-11-23-10-15(17)20-18(22)13-3-4-16-12(7-13)5-6-24-16/h3-4,7-9,15,17H,2,5-6,10-11H2,1H3,(H,20,22)/t15-,17+/m0/s1. The highest BCUT2D eigenvalue weighted by Gasteiger charge is 2.32. The van der Waals surface area contributed by atoms with Crippen LogP contribution in [0.15, 0.2) is 30.6 Å². The van der Waals surface area contributed by atoms with Gasteiger partial charge in [0.2, 0.25) is 0 Å². The number of rotatable bonds is 5. The molecule has 1 amide bonds. The van der Waals surface area contributed by atoms with E-state index in [2.05, 4.69) is 10.4 Å². The fourth-order valence-electron chi connectivity index (χ4n) is 3.12. The summed E-state index contributed by atoms with van der Waals surface area (Å²) in [5.74, 6) is 1.43.